The summed E-state index contributed by atoms with van der Waals surface area (Å²) in [5.41, 5.74) is -3.06. The van der Waals surface area contributed by atoms with Crippen LogP contribution in [0.3, 0.4) is 0 Å². The molecule has 0 spiro atoms. The van der Waals surface area contributed by atoms with Crippen LogP contribution in [0.4, 0.5) is 0 Å². The SMILES string of the molecule is CO[C@H]1C[C@H](O[C@H]2CC[C@]3(C=O)C4CC[C@]5(C)[C@@H](C6=CC(=O)OC6)CC[C@]5(O)C4CC[C@]3(O)C2)O[C@H](C)[C@H]1O[C@@H]1O[C@H](CO[C@@H]2O[C@H](CO)[C@@H](O)[C@H](O)[C@H]2O)[C@@H](O)[C@H](O)[C@H]1O. The molecule has 4 aliphatic heterocycles. The van der Waals surface area contributed by atoms with Crippen LogP contribution in [0.5, 0.6) is 0 Å². The van der Waals surface area contributed by atoms with E-state index in [4.69, 9.17) is 37.9 Å². The number of esters is 1. The number of aliphatic hydroxyl groups is 9. The Balaban J connectivity index is 0.886. The van der Waals surface area contributed by atoms with Gasteiger partial charge in [0.2, 0.25) is 0 Å². The van der Waals surface area contributed by atoms with Gasteiger partial charge >= 0.3 is 5.97 Å². The predicted octanol–water partition coefficient (Wildman–Crippen LogP) is -1.92. The maximum atomic E-state index is 13.3. The molecule has 19 nitrogen and oxygen atoms in total. The van der Waals surface area contributed by atoms with Gasteiger partial charge in [-0.3, -0.25) is 0 Å². The Morgan fingerprint density at radius 2 is 1.51 bits per heavy atom. The summed E-state index contributed by atoms with van der Waals surface area (Å²) in [6, 6.07) is 0. The molecule has 9 N–H and O–H groups in total. The Bertz CT molecular complexity index is 1630. The van der Waals surface area contributed by atoms with E-state index >= 15 is 0 Å². The van der Waals surface area contributed by atoms with Crippen molar-refractivity contribution in [3.8, 4) is 0 Å². The Labute approximate surface area is 353 Å². The molecular formula is C42H64O19. The molecule has 0 radical (unpaired) electrons. The molecule has 4 heterocycles. The molecule has 0 aromatic carbocycles. The van der Waals surface area contributed by atoms with Gasteiger partial charge in [0, 0.05) is 31.4 Å². The number of cyclic esters (lactones) is 1. The van der Waals surface area contributed by atoms with Crippen LogP contribution < -0.4 is 0 Å². The number of methoxy groups -OCH3 is 1. The molecule has 346 valence electrons. The summed E-state index contributed by atoms with van der Waals surface area (Å²) in [4.78, 5) is 25.3. The highest BCUT2D eigenvalue weighted by Crippen LogP contribution is 2.70. The number of rotatable bonds is 11. The molecule has 4 aliphatic carbocycles. The van der Waals surface area contributed by atoms with E-state index in [1.807, 2.05) is 0 Å². The van der Waals surface area contributed by atoms with Crippen LogP contribution in [0.15, 0.2) is 11.6 Å². The fourth-order valence-electron chi connectivity index (χ4n) is 12.9. The van der Waals surface area contributed by atoms with Crippen LogP contribution >= 0.6 is 0 Å². The molecule has 0 aromatic rings. The van der Waals surface area contributed by atoms with E-state index in [2.05, 4.69) is 6.92 Å². The van der Waals surface area contributed by atoms with Crippen LogP contribution in [0, 0.1) is 28.6 Å². The van der Waals surface area contributed by atoms with Gasteiger partial charge in [0.1, 0.15) is 67.8 Å². The second kappa shape index (κ2) is 17.2. The van der Waals surface area contributed by atoms with Gasteiger partial charge in [-0.15, -0.1) is 0 Å². The summed E-state index contributed by atoms with van der Waals surface area (Å²) in [6.45, 7) is 2.86. The topological polar surface area (TPSA) is 290 Å². The monoisotopic (exact) mass is 872 g/mol. The van der Waals surface area contributed by atoms with Crippen molar-refractivity contribution in [3.05, 3.63) is 11.6 Å². The molecule has 8 rings (SSSR count). The molecule has 19 heteroatoms. The maximum Gasteiger partial charge on any atom is 0.331 e. The van der Waals surface area contributed by atoms with Crippen LogP contribution in [0.1, 0.15) is 78.1 Å². The van der Waals surface area contributed by atoms with Gasteiger partial charge in [-0.05, 0) is 81.6 Å². The van der Waals surface area contributed by atoms with Crippen molar-refractivity contribution >= 4 is 12.3 Å². The lowest BCUT2D eigenvalue weighted by molar-refractivity contribution is -0.355. The summed E-state index contributed by atoms with van der Waals surface area (Å²) in [5, 5.41) is 97.4. The number of aldehydes is 1. The third-order valence-electron chi connectivity index (χ3n) is 16.3. The average molecular weight is 873 g/mol. The van der Waals surface area contributed by atoms with E-state index in [9.17, 15) is 55.5 Å². The third-order valence-corrected chi connectivity index (χ3v) is 16.3. The largest absolute Gasteiger partial charge is 0.458 e. The normalized spacial score (nSPS) is 53.6. The number of carbonyl (C=O) groups excluding carboxylic acids is 2. The highest BCUT2D eigenvalue weighted by Gasteiger charge is 2.71. The fourth-order valence-corrected chi connectivity index (χ4v) is 12.9. The molecule has 61 heavy (non-hydrogen) atoms. The minimum Gasteiger partial charge on any atom is -0.458 e. The number of ether oxygens (including phenoxy) is 8. The number of fused-ring (bicyclic) bond motifs is 5. The number of carbonyl (C=O) groups is 2. The summed E-state index contributed by atoms with van der Waals surface area (Å²) in [5.74, 6) is -0.767. The second-order valence-corrected chi connectivity index (χ2v) is 19.2. The van der Waals surface area contributed by atoms with Crippen molar-refractivity contribution < 1.29 is 93.4 Å². The highest BCUT2D eigenvalue weighted by molar-refractivity contribution is 5.85. The molecule has 2 unspecified atom stereocenters. The van der Waals surface area contributed by atoms with Gasteiger partial charge in [-0.25, -0.2) is 4.79 Å². The standard InChI is InChI=1S/C42H64O19/c1-19-36(61-38-35(51)33(49)31(47)27(60-38)17-56-37-34(50)32(48)30(46)26(15-43)59-37)25(54-3)13-29(57-19)58-21-4-9-40(18-44)23-5-8-39(2)22(20-12-28(45)55-16-20)7-11-42(39,53)24(23)6-10-41(40,52)14-21/h12,18-19,21-27,29-38,43,46-53H,4-11,13-17H2,1-3H3/t19-,21+,22-,23?,24?,25+,26-,27-,29+,30-,31-,32+,33+,34-,35-,36-,37-,38+,39-,40+,41+,42+/m1/s1. The molecule has 0 amide bonds. The number of aliphatic hydroxyl groups excluding tert-OH is 7. The van der Waals surface area contributed by atoms with Gasteiger partial charge in [0.05, 0.1) is 48.1 Å². The van der Waals surface area contributed by atoms with Crippen LogP contribution in [0.2, 0.25) is 0 Å². The Kier molecular flexibility index (Phi) is 12.9. The predicted molar refractivity (Wildman–Crippen MR) is 203 cm³/mol. The smallest absolute Gasteiger partial charge is 0.331 e. The Morgan fingerprint density at radius 3 is 2.18 bits per heavy atom. The van der Waals surface area contributed by atoms with Gasteiger partial charge in [0.15, 0.2) is 18.9 Å². The van der Waals surface area contributed by atoms with Crippen molar-refractivity contribution in [3.63, 3.8) is 0 Å². The lowest BCUT2D eigenvalue weighted by Gasteiger charge is -2.65. The van der Waals surface area contributed by atoms with E-state index in [0.717, 1.165) is 18.3 Å². The average Bonchev–Trinajstić information content (AvgIpc) is 3.79. The molecule has 8 aliphatic rings. The Hall–Kier alpha value is -1.76. The summed E-state index contributed by atoms with van der Waals surface area (Å²) in [7, 11) is 1.47. The van der Waals surface area contributed by atoms with Gasteiger partial charge in [-0.2, -0.15) is 0 Å². The molecule has 0 aromatic heterocycles. The summed E-state index contributed by atoms with van der Waals surface area (Å²) >= 11 is 0. The van der Waals surface area contributed by atoms with Crippen LogP contribution in [-0.2, 0) is 47.5 Å². The van der Waals surface area contributed by atoms with Gasteiger partial charge in [0.25, 0.3) is 0 Å². The first-order valence-corrected chi connectivity index (χ1v) is 21.8. The molecular weight excluding hydrogens is 808 g/mol. The van der Waals surface area contributed by atoms with Gasteiger partial charge in [-0.1, -0.05) is 6.92 Å². The summed E-state index contributed by atoms with van der Waals surface area (Å²) in [6.07, 6.45) is -12.2. The first-order chi connectivity index (χ1) is 28.9. The quantitative estimate of drug-likeness (QED) is 0.0622. The molecule has 0 bridgehead atoms. The molecule has 4 saturated carbocycles. The first kappa shape index (κ1) is 45.8. The number of hydrogen-bond donors (Lipinski definition) is 9. The van der Waals surface area contributed by atoms with E-state index in [1.54, 1.807) is 13.0 Å². The highest BCUT2D eigenvalue weighted by atomic mass is 16.8. The van der Waals surface area contributed by atoms with Crippen LogP contribution in [-0.4, -0.2) is 188 Å². The van der Waals surface area contributed by atoms with E-state index in [-0.39, 0.29) is 43.2 Å². The molecule has 3 saturated heterocycles. The molecule has 22 atom stereocenters. The van der Waals surface area contributed by atoms with E-state index in [1.165, 1.54) is 7.11 Å². The lowest BCUT2D eigenvalue weighted by Crippen LogP contribution is -2.69. The van der Waals surface area contributed by atoms with Crippen molar-refractivity contribution in [1.29, 1.82) is 0 Å². The van der Waals surface area contributed by atoms with Crippen molar-refractivity contribution in [2.24, 2.45) is 28.6 Å². The van der Waals surface area contributed by atoms with Crippen molar-refractivity contribution in [2.75, 3.05) is 26.9 Å². The fraction of sp³-hybridized carbons (Fsp3) is 0.905. The molecule has 7 fully saturated rings. The van der Waals surface area contributed by atoms with Crippen molar-refractivity contribution in [1.82, 2.24) is 0 Å². The van der Waals surface area contributed by atoms with Crippen LogP contribution in [0.25, 0.3) is 0 Å². The second-order valence-electron chi connectivity index (χ2n) is 19.2. The third kappa shape index (κ3) is 7.55. The Morgan fingerprint density at radius 1 is 0.820 bits per heavy atom. The zero-order valence-corrected chi connectivity index (χ0v) is 34.8. The zero-order valence-electron chi connectivity index (χ0n) is 34.8. The first-order valence-electron chi connectivity index (χ1n) is 21.8. The van der Waals surface area contributed by atoms with E-state index < -0.39 is 127 Å². The van der Waals surface area contributed by atoms with Crippen molar-refractivity contribution in [2.45, 2.75) is 181 Å². The summed E-state index contributed by atoms with van der Waals surface area (Å²) < 4.78 is 46.7. The van der Waals surface area contributed by atoms with Gasteiger partial charge < -0.3 is 88.6 Å². The zero-order chi connectivity index (χ0) is 43.8. The maximum absolute atomic E-state index is 13.3. The van der Waals surface area contributed by atoms with E-state index in [0.29, 0.717) is 44.9 Å². The minimum atomic E-state index is -1.75. The number of hydrogen-bond acceptors (Lipinski definition) is 19. The minimum absolute atomic E-state index is 0.00485. The lowest BCUT2D eigenvalue weighted by atomic mass is 9.41.